The molecule has 0 bridgehead atoms. The summed E-state index contributed by atoms with van der Waals surface area (Å²) in [4.78, 5) is 2.27. The molecule has 0 radical (unpaired) electrons. The molecule has 32 heavy (non-hydrogen) atoms. The normalized spacial score (nSPS) is 16.8. The molecule has 0 saturated carbocycles. The number of hydrogen-bond donors (Lipinski definition) is 0. The van der Waals surface area contributed by atoms with Crippen molar-refractivity contribution in [3.05, 3.63) is 89.6 Å². The molecular formula is C24H25F3N2O2S. The fraction of sp³-hybridized carbons (Fsp3) is 0.333. The van der Waals surface area contributed by atoms with Gasteiger partial charge in [-0.2, -0.15) is 13.2 Å². The third kappa shape index (κ3) is 4.76. The molecule has 2 heterocycles. The van der Waals surface area contributed by atoms with E-state index in [1.54, 1.807) is 6.07 Å². The highest BCUT2D eigenvalue weighted by Crippen LogP contribution is 2.37. The summed E-state index contributed by atoms with van der Waals surface area (Å²) in [7, 11) is -5.37. The fourth-order valence-electron chi connectivity index (χ4n) is 4.42. The van der Waals surface area contributed by atoms with Crippen molar-refractivity contribution in [2.45, 2.75) is 48.9 Å². The number of aromatic nitrogens is 1. The molecule has 1 unspecified atom stereocenters. The Morgan fingerprint density at radius 3 is 1.97 bits per heavy atom. The first-order chi connectivity index (χ1) is 15.3. The molecule has 3 aromatic rings. The third-order valence-electron chi connectivity index (χ3n) is 5.88. The van der Waals surface area contributed by atoms with Crippen LogP contribution in [0.4, 0.5) is 13.2 Å². The Bertz CT molecular complexity index is 1100. The lowest BCUT2D eigenvalue weighted by Gasteiger charge is -2.32. The van der Waals surface area contributed by atoms with Crippen LogP contribution in [0.3, 0.4) is 0 Å². The second-order valence-corrected chi connectivity index (χ2v) is 10.1. The zero-order chi connectivity index (χ0) is 22.8. The van der Waals surface area contributed by atoms with Crippen molar-refractivity contribution in [2.75, 3.05) is 6.54 Å². The maximum atomic E-state index is 13.1. The van der Waals surface area contributed by atoms with Crippen molar-refractivity contribution in [2.24, 2.45) is 0 Å². The highest BCUT2D eigenvalue weighted by atomic mass is 32.2. The van der Waals surface area contributed by atoms with Gasteiger partial charge in [-0.3, -0.25) is 4.90 Å². The summed E-state index contributed by atoms with van der Waals surface area (Å²) in [6.07, 6.45) is 1.44. The van der Waals surface area contributed by atoms with Crippen molar-refractivity contribution >= 4 is 9.84 Å². The van der Waals surface area contributed by atoms with Crippen molar-refractivity contribution in [3.63, 3.8) is 0 Å². The van der Waals surface area contributed by atoms with Gasteiger partial charge in [0.2, 0.25) is 0 Å². The predicted octanol–water partition coefficient (Wildman–Crippen LogP) is 5.36. The van der Waals surface area contributed by atoms with Crippen LogP contribution in [0.1, 0.15) is 35.6 Å². The number of alkyl halides is 3. The summed E-state index contributed by atoms with van der Waals surface area (Å²) >= 11 is 0. The lowest BCUT2D eigenvalue weighted by molar-refractivity contribution is -0.0440. The lowest BCUT2D eigenvalue weighted by Crippen LogP contribution is -2.32. The summed E-state index contributed by atoms with van der Waals surface area (Å²) in [5.41, 5.74) is -2.35. The molecule has 0 amide bonds. The molecule has 1 aliphatic heterocycles. The quantitative estimate of drug-likeness (QED) is 0.475. The summed E-state index contributed by atoms with van der Waals surface area (Å²) in [6, 6.07) is 22.7. The van der Waals surface area contributed by atoms with Gasteiger partial charge in [-0.05, 0) is 36.1 Å². The van der Waals surface area contributed by atoms with Crippen molar-refractivity contribution in [1.29, 1.82) is 0 Å². The summed E-state index contributed by atoms with van der Waals surface area (Å²) < 4.78 is 64.9. The Labute approximate surface area is 186 Å². The number of nitrogens with zero attached hydrogens (tertiary/aromatic N) is 2. The highest BCUT2D eigenvalue weighted by molar-refractivity contribution is 7.92. The SMILES string of the molecule is O=S(=O)(c1ccc2n1CCCC2CN(Cc1ccccc1)Cc1ccccc1)C(F)(F)F. The van der Waals surface area contributed by atoms with Crippen LogP contribution >= 0.6 is 0 Å². The Hall–Kier alpha value is -2.58. The molecule has 0 spiro atoms. The first-order valence-electron chi connectivity index (χ1n) is 10.6. The van der Waals surface area contributed by atoms with Crippen molar-refractivity contribution in [1.82, 2.24) is 9.47 Å². The molecule has 0 N–H and O–H groups in total. The van der Waals surface area contributed by atoms with Gasteiger partial charge >= 0.3 is 5.51 Å². The van der Waals surface area contributed by atoms with Gasteiger partial charge in [0.05, 0.1) is 0 Å². The summed E-state index contributed by atoms with van der Waals surface area (Å²) in [6.45, 7) is 2.29. The van der Waals surface area contributed by atoms with Crippen LogP contribution in [-0.2, 0) is 29.5 Å². The standard InChI is InChI=1S/C24H25F3N2O2S/c25-24(26,27)32(30,31)23-14-13-22-21(12-7-15-29(22)23)18-28(16-19-8-3-1-4-9-19)17-20-10-5-2-6-11-20/h1-6,8-11,13-14,21H,7,12,15-18H2. The minimum absolute atomic E-state index is 0.0478. The van der Waals surface area contributed by atoms with E-state index >= 15 is 0 Å². The smallest absolute Gasteiger partial charge is 0.335 e. The highest BCUT2D eigenvalue weighted by Gasteiger charge is 2.49. The molecule has 1 atom stereocenters. The average molecular weight is 463 g/mol. The second-order valence-electron chi connectivity index (χ2n) is 8.18. The van der Waals surface area contributed by atoms with Gasteiger partial charge in [0, 0.05) is 37.8 Å². The molecule has 0 saturated heterocycles. The van der Waals surface area contributed by atoms with E-state index in [9.17, 15) is 21.6 Å². The number of halogens is 3. The monoisotopic (exact) mass is 462 g/mol. The van der Waals surface area contributed by atoms with Crippen LogP contribution in [-0.4, -0.2) is 29.9 Å². The molecule has 2 aromatic carbocycles. The van der Waals surface area contributed by atoms with Gasteiger partial charge in [-0.1, -0.05) is 60.7 Å². The van der Waals surface area contributed by atoms with Crippen LogP contribution in [0, 0.1) is 0 Å². The van der Waals surface area contributed by atoms with Crippen LogP contribution in [0.5, 0.6) is 0 Å². The number of fused-ring (bicyclic) bond motifs is 1. The van der Waals surface area contributed by atoms with Crippen LogP contribution in [0.25, 0.3) is 0 Å². The first kappa shape index (κ1) is 22.6. The van der Waals surface area contributed by atoms with Crippen LogP contribution in [0.15, 0.2) is 77.8 Å². The summed E-state index contributed by atoms with van der Waals surface area (Å²) in [5.74, 6) is -0.0478. The molecule has 1 aromatic heterocycles. The van der Waals surface area contributed by atoms with Gasteiger partial charge in [0.1, 0.15) is 5.03 Å². The number of sulfone groups is 1. The Morgan fingerprint density at radius 1 is 0.875 bits per heavy atom. The van der Waals surface area contributed by atoms with Gasteiger partial charge < -0.3 is 4.57 Å². The minimum atomic E-state index is -5.37. The molecule has 170 valence electrons. The van der Waals surface area contributed by atoms with E-state index < -0.39 is 20.4 Å². The molecule has 8 heteroatoms. The maximum absolute atomic E-state index is 13.1. The van der Waals surface area contributed by atoms with E-state index in [-0.39, 0.29) is 12.5 Å². The van der Waals surface area contributed by atoms with Gasteiger partial charge in [0.25, 0.3) is 9.84 Å². The van der Waals surface area contributed by atoms with E-state index in [2.05, 4.69) is 29.2 Å². The topological polar surface area (TPSA) is 42.3 Å². The maximum Gasteiger partial charge on any atom is 0.503 e. The van der Waals surface area contributed by atoms with Crippen LogP contribution < -0.4 is 0 Å². The Morgan fingerprint density at radius 2 is 1.44 bits per heavy atom. The lowest BCUT2D eigenvalue weighted by atomic mass is 9.95. The van der Waals surface area contributed by atoms with E-state index in [1.807, 2.05) is 36.4 Å². The largest absolute Gasteiger partial charge is 0.503 e. The molecule has 0 fully saturated rings. The number of hydrogen-bond acceptors (Lipinski definition) is 3. The molecular weight excluding hydrogens is 437 g/mol. The van der Waals surface area contributed by atoms with Gasteiger partial charge in [0.15, 0.2) is 0 Å². The van der Waals surface area contributed by atoms with Crippen molar-refractivity contribution < 1.29 is 21.6 Å². The molecule has 0 aliphatic carbocycles. The van der Waals surface area contributed by atoms with E-state index in [0.29, 0.717) is 31.7 Å². The van der Waals surface area contributed by atoms with Crippen LogP contribution in [0.2, 0.25) is 0 Å². The van der Waals surface area contributed by atoms with Gasteiger partial charge in [-0.25, -0.2) is 8.42 Å². The predicted molar refractivity (Wildman–Crippen MR) is 117 cm³/mol. The second kappa shape index (κ2) is 9.11. The fourth-order valence-corrected chi connectivity index (χ4v) is 5.39. The van der Waals surface area contributed by atoms with Crippen molar-refractivity contribution in [3.8, 4) is 0 Å². The summed E-state index contributed by atoms with van der Waals surface area (Å²) in [5, 5.41) is -0.651. The molecule has 1 aliphatic rings. The first-order valence-corrected chi connectivity index (χ1v) is 12.0. The minimum Gasteiger partial charge on any atom is -0.335 e. The molecule has 4 rings (SSSR count). The average Bonchev–Trinajstić information content (AvgIpc) is 3.20. The third-order valence-corrected chi connectivity index (χ3v) is 7.40. The van der Waals surface area contributed by atoms with E-state index in [4.69, 9.17) is 0 Å². The number of rotatable bonds is 7. The zero-order valence-corrected chi connectivity index (χ0v) is 18.3. The van der Waals surface area contributed by atoms with Gasteiger partial charge in [-0.15, -0.1) is 0 Å². The Kier molecular flexibility index (Phi) is 6.44. The van der Waals surface area contributed by atoms with E-state index in [1.165, 1.54) is 4.57 Å². The Balaban J connectivity index is 1.61. The molecule has 4 nitrogen and oxygen atoms in total. The zero-order valence-electron chi connectivity index (χ0n) is 17.5. The number of benzene rings is 2. The van der Waals surface area contributed by atoms with E-state index in [0.717, 1.165) is 23.6 Å².